The zero-order valence-electron chi connectivity index (χ0n) is 20.5. The van der Waals surface area contributed by atoms with Crippen molar-refractivity contribution >= 4 is 50.7 Å². The first-order valence-electron chi connectivity index (χ1n) is 11.2. The number of likely N-dealkylation sites (N-methyl/N-ethyl adjacent to an activating group) is 1. The number of ether oxygens (including phenoxy) is 1. The fourth-order valence-corrected chi connectivity index (χ4v) is 5.36. The normalized spacial score (nSPS) is 11.9. The standard InChI is InChI=1S/C26H27Cl2N3O5S/c1-18(26(33)29-2)30(16-19-9-14-23(27)24(28)15-19)25(32)17-31(20-7-5-4-6-8-20)37(34,35)22-12-10-21(36-3)11-13-22/h4-15,18H,16-17H2,1-3H3,(H,29,33)/t18-/m0/s1. The summed E-state index contributed by atoms with van der Waals surface area (Å²) in [7, 11) is -1.21. The van der Waals surface area contributed by atoms with Gasteiger partial charge in [0, 0.05) is 13.6 Å². The smallest absolute Gasteiger partial charge is 0.264 e. The Kier molecular flexibility index (Phi) is 9.42. The average molecular weight is 564 g/mol. The van der Waals surface area contributed by atoms with Crippen molar-refractivity contribution in [3.05, 3.63) is 88.4 Å². The number of rotatable bonds is 10. The van der Waals surface area contributed by atoms with Crippen LogP contribution >= 0.6 is 23.2 Å². The molecule has 0 aliphatic rings. The second kappa shape index (κ2) is 12.3. The first kappa shape index (κ1) is 28.3. The van der Waals surface area contributed by atoms with Gasteiger partial charge in [-0.2, -0.15) is 0 Å². The molecule has 37 heavy (non-hydrogen) atoms. The van der Waals surface area contributed by atoms with Crippen LogP contribution in [-0.4, -0.2) is 51.9 Å². The number of carbonyl (C=O) groups excluding carboxylic acids is 2. The highest BCUT2D eigenvalue weighted by Crippen LogP contribution is 2.27. The van der Waals surface area contributed by atoms with Gasteiger partial charge in [-0.15, -0.1) is 0 Å². The van der Waals surface area contributed by atoms with Gasteiger partial charge in [-0.25, -0.2) is 8.42 Å². The molecule has 2 amide bonds. The number of amides is 2. The summed E-state index contributed by atoms with van der Waals surface area (Å²) in [6.45, 7) is 1.04. The van der Waals surface area contributed by atoms with Gasteiger partial charge in [-0.3, -0.25) is 13.9 Å². The Morgan fingerprint density at radius 2 is 1.62 bits per heavy atom. The van der Waals surface area contributed by atoms with Crippen LogP contribution in [0.5, 0.6) is 5.75 Å². The summed E-state index contributed by atoms with van der Waals surface area (Å²) in [5.41, 5.74) is 0.927. The van der Waals surface area contributed by atoms with E-state index in [9.17, 15) is 18.0 Å². The first-order valence-corrected chi connectivity index (χ1v) is 13.4. The molecule has 1 atom stereocenters. The third-order valence-corrected chi connectivity index (χ3v) is 8.25. The van der Waals surface area contributed by atoms with E-state index in [1.807, 2.05) is 0 Å². The van der Waals surface area contributed by atoms with Crippen LogP contribution < -0.4 is 14.4 Å². The number of nitrogens with one attached hydrogen (secondary N) is 1. The van der Waals surface area contributed by atoms with E-state index in [1.165, 1.54) is 43.3 Å². The van der Waals surface area contributed by atoms with Gasteiger partial charge in [-0.1, -0.05) is 47.5 Å². The largest absolute Gasteiger partial charge is 0.497 e. The lowest BCUT2D eigenvalue weighted by Gasteiger charge is -2.31. The van der Waals surface area contributed by atoms with Crippen molar-refractivity contribution in [3.63, 3.8) is 0 Å². The van der Waals surface area contributed by atoms with Crippen molar-refractivity contribution in [2.75, 3.05) is 25.0 Å². The van der Waals surface area contributed by atoms with Crippen LogP contribution in [0.15, 0.2) is 77.7 Å². The monoisotopic (exact) mass is 563 g/mol. The van der Waals surface area contributed by atoms with E-state index in [0.29, 0.717) is 27.0 Å². The topological polar surface area (TPSA) is 96.0 Å². The Bertz CT molecular complexity index is 1350. The molecular formula is C26H27Cl2N3O5S. The maximum absolute atomic E-state index is 13.7. The molecule has 3 rings (SSSR count). The third-order valence-electron chi connectivity index (χ3n) is 5.72. The third kappa shape index (κ3) is 6.74. The molecular weight excluding hydrogens is 537 g/mol. The minimum Gasteiger partial charge on any atom is -0.497 e. The van der Waals surface area contributed by atoms with Crippen LogP contribution in [0.4, 0.5) is 5.69 Å². The van der Waals surface area contributed by atoms with Crippen LogP contribution in [0.1, 0.15) is 12.5 Å². The molecule has 3 aromatic rings. The Hall–Kier alpha value is -3.27. The summed E-state index contributed by atoms with van der Waals surface area (Å²) in [4.78, 5) is 27.5. The first-order chi connectivity index (χ1) is 17.6. The Labute approximate surface area is 226 Å². The van der Waals surface area contributed by atoms with E-state index in [2.05, 4.69) is 5.32 Å². The predicted molar refractivity (Wildman–Crippen MR) is 145 cm³/mol. The van der Waals surface area contributed by atoms with Gasteiger partial charge in [0.05, 0.1) is 27.7 Å². The molecule has 0 saturated carbocycles. The van der Waals surface area contributed by atoms with E-state index in [4.69, 9.17) is 27.9 Å². The summed E-state index contributed by atoms with van der Waals surface area (Å²) in [5.74, 6) is -0.491. The molecule has 0 aliphatic carbocycles. The SMILES string of the molecule is CNC(=O)[C@H](C)N(Cc1ccc(Cl)c(Cl)c1)C(=O)CN(c1ccccc1)S(=O)(=O)c1ccc(OC)cc1. The maximum atomic E-state index is 13.7. The molecule has 1 N–H and O–H groups in total. The number of para-hydroxylation sites is 1. The number of sulfonamides is 1. The number of halogens is 2. The highest BCUT2D eigenvalue weighted by Gasteiger charge is 2.32. The lowest BCUT2D eigenvalue weighted by Crippen LogP contribution is -2.50. The highest BCUT2D eigenvalue weighted by molar-refractivity contribution is 7.92. The molecule has 0 aromatic heterocycles. The molecule has 0 aliphatic heterocycles. The van der Waals surface area contributed by atoms with Crippen LogP contribution in [0.25, 0.3) is 0 Å². The number of carbonyl (C=O) groups is 2. The summed E-state index contributed by atoms with van der Waals surface area (Å²) in [5, 5.41) is 3.18. The minimum absolute atomic E-state index is 0.00945. The van der Waals surface area contributed by atoms with Crippen molar-refractivity contribution in [1.82, 2.24) is 10.2 Å². The summed E-state index contributed by atoms with van der Waals surface area (Å²) < 4.78 is 33.5. The molecule has 0 saturated heterocycles. The lowest BCUT2D eigenvalue weighted by atomic mass is 10.1. The minimum atomic E-state index is -4.15. The van der Waals surface area contributed by atoms with Crippen molar-refractivity contribution in [1.29, 1.82) is 0 Å². The predicted octanol–water partition coefficient (Wildman–Crippen LogP) is 4.36. The Morgan fingerprint density at radius 1 is 0.973 bits per heavy atom. The van der Waals surface area contributed by atoms with Crippen LogP contribution in [0, 0.1) is 0 Å². The van der Waals surface area contributed by atoms with Crippen molar-refractivity contribution < 1.29 is 22.7 Å². The van der Waals surface area contributed by atoms with Crippen LogP contribution in [0.2, 0.25) is 10.0 Å². The number of benzene rings is 3. The highest BCUT2D eigenvalue weighted by atomic mass is 35.5. The second-order valence-corrected chi connectivity index (χ2v) is 10.8. The van der Waals surface area contributed by atoms with Crippen molar-refractivity contribution in [2.24, 2.45) is 0 Å². The molecule has 0 bridgehead atoms. The van der Waals surface area contributed by atoms with Gasteiger partial charge >= 0.3 is 0 Å². The van der Waals surface area contributed by atoms with Gasteiger partial charge < -0.3 is 15.0 Å². The van der Waals surface area contributed by atoms with E-state index in [1.54, 1.807) is 55.5 Å². The Morgan fingerprint density at radius 3 is 2.19 bits per heavy atom. The molecule has 0 fully saturated rings. The zero-order valence-corrected chi connectivity index (χ0v) is 22.8. The lowest BCUT2D eigenvalue weighted by molar-refractivity contribution is -0.139. The van der Waals surface area contributed by atoms with E-state index in [0.717, 1.165) is 4.31 Å². The van der Waals surface area contributed by atoms with Gasteiger partial charge in [0.25, 0.3) is 10.0 Å². The van der Waals surface area contributed by atoms with E-state index >= 15 is 0 Å². The Balaban J connectivity index is 2.01. The van der Waals surface area contributed by atoms with Gasteiger partial charge in [0.1, 0.15) is 18.3 Å². The molecule has 196 valence electrons. The molecule has 8 nitrogen and oxygen atoms in total. The van der Waals surface area contributed by atoms with Crippen molar-refractivity contribution in [3.8, 4) is 5.75 Å². The average Bonchev–Trinajstić information content (AvgIpc) is 2.91. The summed E-state index contributed by atoms with van der Waals surface area (Å²) in [6.07, 6.45) is 0. The number of hydrogen-bond donors (Lipinski definition) is 1. The number of anilines is 1. The number of hydrogen-bond acceptors (Lipinski definition) is 5. The second-order valence-electron chi connectivity index (χ2n) is 8.08. The van der Waals surface area contributed by atoms with Gasteiger partial charge in [0.15, 0.2) is 0 Å². The van der Waals surface area contributed by atoms with Crippen LogP contribution in [0.3, 0.4) is 0 Å². The fraction of sp³-hybridized carbons (Fsp3) is 0.231. The van der Waals surface area contributed by atoms with Crippen LogP contribution in [-0.2, 0) is 26.2 Å². The molecule has 11 heteroatoms. The zero-order chi connectivity index (χ0) is 27.2. The quantitative estimate of drug-likeness (QED) is 0.395. The van der Waals surface area contributed by atoms with E-state index < -0.39 is 34.4 Å². The molecule has 0 radical (unpaired) electrons. The van der Waals surface area contributed by atoms with E-state index in [-0.39, 0.29) is 11.4 Å². The van der Waals surface area contributed by atoms with Gasteiger partial charge in [-0.05, 0) is 61.0 Å². The molecule has 0 unspecified atom stereocenters. The number of nitrogens with zero attached hydrogens (tertiary/aromatic N) is 2. The molecule has 3 aromatic carbocycles. The van der Waals surface area contributed by atoms with Gasteiger partial charge in [0.2, 0.25) is 11.8 Å². The number of methoxy groups -OCH3 is 1. The van der Waals surface area contributed by atoms with Crippen molar-refractivity contribution in [2.45, 2.75) is 24.4 Å². The maximum Gasteiger partial charge on any atom is 0.264 e. The summed E-state index contributed by atoms with van der Waals surface area (Å²) >= 11 is 12.2. The molecule has 0 heterocycles. The molecule has 0 spiro atoms. The summed E-state index contributed by atoms with van der Waals surface area (Å²) in [6, 6.07) is 18.2. The fourth-order valence-electron chi connectivity index (χ4n) is 3.62.